The second kappa shape index (κ2) is 5.05. The van der Waals surface area contributed by atoms with E-state index in [-0.39, 0.29) is 6.42 Å². The number of halogens is 2. The number of hydrogen-bond acceptors (Lipinski definition) is 1. The first-order valence-electron chi connectivity index (χ1n) is 4.67. The number of benzene rings is 1. The molecule has 0 amide bonds. The van der Waals surface area contributed by atoms with Crippen molar-refractivity contribution in [2.24, 2.45) is 0 Å². The van der Waals surface area contributed by atoms with Gasteiger partial charge in [-0.05, 0) is 17.5 Å². The molecule has 1 atom stereocenters. The van der Waals surface area contributed by atoms with Crippen LogP contribution in [0.5, 0.6) is 0 Å². The highest BCUT2D eigenvalue weighted by Crippen LogP contribution is 2.11. The van der Waals surface area contributed by atoms with Gasteiger partial charge in [-0.25, -0.2) is 8.78 Å². The number of aliphatic hydroxyl groups is 1. The van der Waals surface area contributed by atoms with E-state index in [4.69, 9.17) is 5.11 Å². The Labute approximate surface area is 82.4 Å². The van der Waals surface area contributed by atoms with Crippen LogP contribution in [0.3, 0.4) is 0 Å². The van der Waals surface area contributed by atoms with Crippen molar-refractivity contribution in [2.45, 2.75) is 32.3 Å². The molecule has 78 valence electrons. The molecule has 0 aliphatic rings. The zero-order chi connectivity index (χ0) is 10.6. The van der Waals surface area contributed by atoms with Crippen molar-refractivity contribution >= 4 is 0 Å². The van der Waals surface area contributed by atoms with E-state index in [0.717, 1.165) is 12.0 Å². The molecule has 0 spiro atoms. The zero-order valence-corrected chi connectivity index (χ0v) is 8.08. The van der Waals surface area contributed by atoms with E-state index in [1.54, 1.807) is 12.1 Å². The second-order valence-corrected chi connectivity index (χ2v) is 3.28. The molecule has 0 saturated heterocycles. The summed E-state index contributed by atoms with van der Waals surface area (Å²) < 4.78 is 24.0. The van der Waals surface area contributed by atoms with Crippen LogP contribution in [-0.2, 0) is 12.8 Å². The molecule has 0 heterocycles. The monoisotopic (exact) mass is 200 g/mol. The summed E-state index contributed by atoms with van der Waals surface area (Å²) in [5.41, 5.74) is 1.91. The molecule has 0 aromatic heterocycles. The third kappa shape index (κ3) is 3.07. The molecule has 1 aromatic rings. The number of hydrogen-bond donors (Lipinski definition) is 1. The van der Waals surface area contributed by atoms with E-state index in [2.05, 4.69) is 0 Å². The standard InChI is InChI=1S/C11H14F2O/c1-2-8-3-5-9(6-4-8)7-10(14)11(12)13/h3-6,10-11,14H,2,7H2,1H3. The van der Waals surface area contributed by atoms with Crippen LogP contribution in [0.4, 0.5) is 8.78 Å². The van der Waals surface area contributed by atoms with Crippen LogP contribution in [0.15, 0.2) is 24.3 Å². The SMILES string of the molecule is CCc1ccc(CC(O)C(F)F)cc1. The average molecular weight is 200 g/mol. The molecule has 0 saturated carbocycles. The fourth-order valence-electron chi connectivity index (χ4n) is 1.24. The lowest BCUT2D eigenvalue weighted by Crippen LogP contribution is -2.19. The van der Waals surface area contributed by atoms with Crippen molar-refractivity contribution in [3.8, 4) is 0 Å². The van der Waals surface area contributed by atoms with Crippen LogP contribution >= 0.6 is 0 Å². The Morgan fingerprint density at radius 1 is 1.14 bits per heavy atom. The third-order valence-electron chi connectivity index (χ3n) is 2.17. The summed E-state index contributed by atoms with van der Waals surface area (Å²) in [6.45, 7) is 2.03. The predicted octanol–water partition coefficient (Wildman–Crippen LogP) is 2.42. The minimum absolute atomic E-state index is 0.0155. The molecule has 1 aromatic carbocycles. The lowest BCUT2D eigenvalue weighted by atomic mass is 10.1. The first kappa shape index (κ1) is 11.1. The number of aliphatic hydroxyl groups excluding tert-OH is 1. The van der Waals surface area contributed by atoms with E-state index < -0.39 is 12.5 Å². The molecular formula is C11H14F2O. The fourth-order valence-corrected chi connectivity index (χ4v) is 1.24. The first-order chi connectivity index (χ1) is 6.63. The van der Waals surface area contributed by atoms with Gasteiger partial charge in [0.1, 0.15) is 6.10 Å². The van der Waals surface area contributed by atoms with Gasteiger partial charge in [-0.3, -0.25) is 0 Å². The summed E-state index contributed by atoms with van der Waals surface area (Å²) in [7, 11) is 0. The smallest absolute Gasteiger partial charge is 0.264 e. The fraction of sp³-hybridized carbons (Fsp3) is 0.455. The molecule has 1 nitrogen and oxygen atoms in total. The zero-order valence-electron chi connectivity index (χ0n) is 8.08. The Kier molecular flexibility index (Phi) is 4.01. The van der Waals surface area contributed by atoms with Crippen LogP contribution in [0.25, 0.3) is 0 Å². The van der Waals surface area contributed by atoms with E-state index in [1.807, 2.05) is 19.1 Å². The van der Waals surface area contributed by atoms with Gasteiger partial charge >= 0.3 is 0 Å². The predicted molar refractivity (Wildman–Crippen MR) is 51.5 cm³/mol. The van der Waals surface area contributed by atoms with E-state index in [1.165, 1.54) is 5.56 Å². The van der Waals surface area contributed by atoms with Crippen molar-refractivity contribution < 1.29 is 13.9 Å². The van der Waals surface area contributed by atoms with Crippen LogP contribution < -0.4 is 0 Å². The first-order valence-corrected chi connectivity index (χ1v) is 4.67. The number of rotatable bonds is 4. The molecule has 1 rings (SSSR count). The van der Waals surface area contributed by atoms with Gasteiger partial charge in [0.05, 0.1) is 0 Å². The highest BCUT2D eigenvalue weighted by atomic mass is 19.3. The Balaban J connectivity index is 2.59. The van der Waals surface area contributed by atoms with Gasteiger partial charge in [-0.2, -0.15) is 0 Å². The molecular weight excluding hydrogens is 186 g/mol. The van der Waals surface area contributed by atoms with Crippen molar-refractivity contribution in [3.05, 3.63) is 35.4 Å². The quantitative estimate of drug-likeness (QED) is 0.791. The van der Waals surface area contributed by atoms with Crippen LogP contribution in [0.2, 0.25) is 0 Å². The lowest BCUT2D eigenvalue weighted by molar-refractivity contribution is -0.00365. The van der Waals surface area contributed by atoms with Crippen molar-refractivity contribution in [1.82, 2.24) is 0 Å². The Morgan fingerprint density at radius 2 is 1.64 bits per heavy atom. The molecule has 0 radical (unpaired) electrons. The molecule has 3 heteroatoms. The normalized spacial score (nSPS) is 13.2. The van der Waals surface area contributed by atoms with Gasteiger partial charge in [-0.1, -0.05) is 31.2 Å². The highest BCUT2D eigenvalue weighted by molar-refractivity contribution is 5.22. The summed E-state index contributed by atoms with van der Waals surface area (Å²) in [5, 5.41) is 8.96. The average Bonchev–Trinajstić information content (AvgIpc) is 2.19. The van der Waals surface area contributed by atoms with Crippen LogP contribution in [0.1, 0.15) is 18.1 Å². The highest BCUT2D eigenvalue weighted by Gasteiger charge is 2.16. The summed E-state index contributed by atoms with van der Waals surface area (Å²) in [5.74, 6) is 0. The van der Waals surface area contributed by atoms with E-state index in [9.17, 15) is 8.78 Å². The van der Waals surface area contributed by atoms with E-state index >= 15 is 0 Å². The van der Waals surface area contributed by atoms with Crippen molar-refractivity contribution in [3.63, 3.8) is 0 Å². The van der Waals surface area contributed by atoms with Gasteiger partial charge in [-0.15, -0.1) is 0 Å². The molecule has 0 aliphatic carbocycles. The summed E-state index contributed by atoms with van der Waals surface area (Å²) in [6.07, 6.45) is -3.28. The van der Waals surface area contributed by atoms with Gasteiger partial charge < -0.3 is 5.11 Å². The maximum Gasteiger partial charge on any atom is 0.264 e. The topological polar surface area (TPSA) is 20.2 Å². The Morgan fingerprint density at radius 3 is 2.07 bits per heavy atom. The molecule has 1 N–H and O–H groups in total. The summed E-state index contributed by atoms with van der Waals surface area (Å²) in [6, 6.07) is 7.36. The summed E-state index contributed by atoms with van der Waals surface area (Å²) >= 11 is 0. The maximum absolute atomic E-state index is 12.0. The molecule has 14 heavy (non-hydrogen) atoms. The van der Waals surface area contributed by atoms with Gasteiger partial charge in [0.15, 0.2) is 0 Å². The Hall–Kier alpha value is -0.960. The minimum atomic E-state index is -2.67. The van der Waals surface area contributed by atoms with Crippen LogP contribution in [-0.4, -0.2) is 17.6 Å². The number of aryl methyl sites for hydroxylation is 1. The summed E-state index contributed by atoms with van der Waals surface area (Å²) in [4.78, 5) is 0. The van der Waals surface area contributed by atoms with Crippen molar-refractivity contribution in [2.75, 3.05) is 0 Å². The molecule has 0 bridgehead atoms. The molecule has 1 unspecified atom stereocenters. The van der Waals surface area contributed by atoms with Crippen LogP contribution in [0, 0.1) is 0 Å². The van der Waals surface area contributed by atoms with Crippen molar-refractivity contribution in [1.29, 1.82) is 0 Å². The maximum atomic E-state index is 12.0. The number of alkyl halides is 2. The third-order valence-corrected chi connectivity index (χ3v) is 2.17. The Bertz CT molecular complexity index is 269. The minimum Gasteiger partial charge on any atom is -0.387 e. The van der Waals surface area contributed by atoms with E-state index in [0.29, 0.717) is 0 Å². The molecule has 0 aliphatic heterocycles. The second-order valence-electron chi connectivity index (χ2n) is 3.28. The van der Waals surface area contributed by atoms with Gasteiger partial charge in [0.25, 0.3) is 6.43 Å². The van der Waals surface area contributed by atoms with Gasteiger partial charge in [0, 0.05) is 6.42 Å². The largest absolute Gasteiger partial charge is 0.387 e. The van der Waals surface area contributed by atoms with Gasteiger partial charge in [0.2, 0.25) is 0 Å². The lowest BCUT2D eigenvalue weighted by Gasteiger charge is -2.09. The molecule has 0 fully saturated rings.